The average Bonchev–Trinajstić information content (AvgIpc) is 3.00. The van der Waals surface area contributed by atoms with Crippen LogP contribution < -0.4 is 4.90 Å². The number of nitrogens with zero attached hydrogens (tertiary/aromatic N) is 1. The van der Waals surface area contributed by atoms with Gasteiger partial charge < -0.3 is 4.90 Å². The molecule has 3 aliphatic rings. The fourth-order valence-electron chi connectivity index (χ4n) is 5.46. The predicted octanol–water partition coefficient (Wildman–Crippen LogP) is 6.50. The number of benzene rings is 2. The third-order valence-corrected chi connectivity index (χ3v) is 7.49. The molecule has 2 aromatic rings. The van der Waals surface area contributed by atoms with Gasteiger partial charge in [0.05, 0.1) is 11.4 Å². The van der Waals surface area contributed by atoms with Gasteiger partial charge in [-0.2, -0.15) is 0 Å². The van der Waals surface area contributed by atoms with Crippen LogP contribution in [0, 0.1) is 17.8 Å². The van der Waals surface area contributed by atoms with Crippen molar-refractivity contribution in [2.75, 3.05) is 4.90 Å². The quantitative estimate of drug-likeness (QED) is 0.585. The highest BCUT2D eigenvalue weighted by molar-refractivity contribution is 7.99. The summed E-state index contributed by atoms with van der Waals surface area (Å²) in [5, 5.41) is 0. The van der Waals surface area contributed by atoms with Crippen LogP contribution in [0.15, 0.2) is 58.3 Å². The van der Waals surface area contributed by atoms with E-state index in [1.165, 1.54) is 53.3 Å². The van der Waals surface area contributed by atoms with Crippen LogP contribution in [0.4, 0.5) is 11.4 Å². The van der Waals surface area contributed by atoms with Crippen LogP contribution >= 0.6 is 11.8 Å². The van der Waals surface area contributed by atoms with E-state index in [9.17, 15) is 0 Å². The van der Waals surface area contributed by atoms with Crippen LogP contribution in [0.5, 0.6) is 0 Å². The second-order valence-corrected chi connectivity index (χ2v) is 8.99. The van der Waals surface area contributed by atoms with Gasteiger partial charge in [-0.3, -0.25) is 0 Å². The molecule has 0 saturated heterocycles. The van der Waals surface area contributed by atoms with E-state index in [2.05, 4.69) is 60.4 Å². The molecule has 2 heteroatoms. The van der Waals surface area contributed by atoms with E-state index in [0.29, 0.717) is 6.04 Å². The predicted molar refractivity (Wildman–Crippen MR) is 102 cm³/mol. The average molecular weight is 336 g/mol. The topological polar surface area (TPSA) is 3.24 Å². The van der Waals surface area contributed by atoms with Gasteiger partial charge in [0.15, 0.2) is 0 Å². The minimum absolute atomic E-state index is 0.678. The smallest absolute Gasteiger partial charge is 0.0555 e. The zero-order chi connectivity index (χ0) is 16.1. The Hall–Kier alpha value is -1.41. The summed E-state index contributed by atoms with van der Waals surface area (Å²) in [7, 11) is 0. The molecule has 0 amide bonds. The first-order valence-corrected chi connectivity index (χ1v) is 10.3. The zero-order valence-electron chi connectivity index (χ0n) is 14.3. The van der Waals surface area contributed by atoms with Gasteiger partial charge in [-0.25, -0.2) is 0 Å². The van der Waals surface area contributed by atoms with Crippen LogP contribution in [0.25, 0.3) is 0 Å². The number of rotatable bonds is 1. The molecule has 0 N–H and O–H groups in total. The molecule has 0 spiro atoms. The molecule has 4 unspecified atom stereocenters. The second-order valence-electron chi connectivity index (χ2n) is 7.91. The third-order valence-electron chi connectivity index (χ3n) is 6.36. The molecule has 24 heavy (non-hydrogen) atoms. The maximum Gasteiger partial charge on any atom is 0.0555 e. The van der Waals surface area contributed by atoms with E-state index < -0.39 is 0 Å². The Morgan fingerprint density at radius 2 is 1.54 bits per heavy atom. The molecule has 0 radical (unpaired) electrons. The molecular weight excluding hydrogens is 310 g/mol. The Labute approximate surface area is 149 Å². The number of para-hydroxylation sites is 2. The first kappa shape index (κ1) is 14.9. The van der Waals surface area contributed by atoms with Crippen molar-refractivity contribution in [1.82, 2.24) is 0 Å². The lowest BCUT2D eigenvalue weighted by Gasteiger charge is -2.45. The molecule has 0 bridgehead atoms. The fraction of sp³-hybridized carbons (Fsp3) is 0.455. The van der Waals surface area contributed by atoms with Gasteiger partial charge in [0.1, 0.15) is 0 Å². The van der Waals surface area contributed by atoms with Gasteiger partial charge in [-0.05, 0) is 61.3 Å². The Morgan fingerprint density at radius 3 is 2.25 bits per heavy atom. The summed E-state index contributed by atoms with van der Waals surface area (Å²) in [4.78, 5) is 5.56. The minimum atomic E-state index is 0.678. The van der Waals surface area contributed by atoms with Crippen molar-refractivity contribution in [2.24, 2.45) is 17.8 Å². The van der Waals surface area contributed by atoms with Crippen LogP contribution in [0.3, 0.4) is 0 Å². The highest BCUT2D eigenvalue weighted by Crippen LogP contribution is 2.54. The van der Waals surface area contributed by atoms with Crippen LogP contribution in [-0.4, -0.2) is 6.04 Å². The Morgan fingerprint density at radius 1 is 0.875 bits per heavy atom. The lowest BCUT2D eigenvalue weighted by molar-refractivity contribution is 0.237. The molecule has 2 aromatic carbocycles. The van der Waals surface area contributed by atoms with Gasteiger partial charge >= 0.3 is 0 Å². The Kier molecular flexibility index (Phi) is 3.62. The van der Waals surface area contributed by atoms with Crippen molar-refractivity contribution >= 4 is 23.1 Å². The van der Waals surface area contributed by atoms with Crippen molar-refractivity contribution in [1.29, 1.82) is 0 Å². The lowest BCUT2D eigenvalue weighted by atomic mass is 9.77. The molecule has 4 atom stereocenters. The molecule has 2 aliphatic carbocycles. The van der Waals surface area contributed by atoms with Crippen molar-refractivity contribution in [3.05, 3.63) is 48.5 Å². The fourth-order valence-corrected chi connectivity index (χ4v) is 6.53. The molecule has 0 aromatic heterocycles. The van der Waals surface area contributed by atoms with E-state index >= 15 is 0 Å². The van der Waals surface area contributed by atoms with Crippen LogP contribution in [-0.2, 0) is 0 Å². The maximum atomic E-state index is 2.72. The summed E-state index contributed by atoms with van der Waals surface area (Å²) in [6, 6.07) is 18.7. The summed E-state index contributed by atoms with van der Waals surface area (Å²) in [6.07, 6.45) is 7.07. The third kappa shape index (κ3) is 2.30. The van der Waals surface area contributed by atoms with E-state index in [-0.39, 0.29) is 0 Å². The summed E-state index contributed by atoms with van der Waals surface area (Å²) >= 11 is 1.93. The number of hydrogen-bond acceptors (Lipinski definition) is 2. The van der Waals surface area contributed by atoms with E-state index in [0.717, 1.165) is 17.8 Å². The molecule has 1 nitrogen and oxygen atoms in total. The molecule has 124 valence electrons. The molecular formula is C22H25NS. The van der Waals surface area contributed by atoms with Crippen molar-refractivity contribution in [3.63, 3.8) is 0 Å². The number of hydrogen-bond donors (Lipinski definition) is 0. The lowest BCUT2D eigenvalue weighted by Crippen LogP contribution is -2.42. The largest absolute Gasteiger partial charge is 0.336 e. The van der Waals surface area contributed by atoms with E-state index in [1.54, 1.807) is 0 Å². The van der Waals surface area contributed by atoms with Gasteiger partial charge in [0.25, 0.3) is 0 Å². The van der Waals surface area contributed by atoms with Gasteiger partial charge in [-0.15, -0.1) is 0 Å². The molecule has 2 saturated carbocycles. The standard InChI is InChI=1S/C22H25NS/c1-15-13-16-7-6-10-18(17(16)14-15)23-19-8-2-4-11-21(19)24-22-12-5-3-9-20(22)23/h2-5,8-9,11-12,15-18H,6-7,10,13-14H2,1H3. The van der Waals surface area contributed by atoms with Crippen molar-refractivity contribution < 1.29 is 0 Å². The highest BCUT2D eigenvalue weighted by atomic mass is 32.2. The SMILES string of the molecule is CC1CC2CCCC(N3c4ccccc4Sc4ccccc43)C2C1. The van der Waals surface area contributed by atoms with Crippen molar-refractivity contribution in [2.45, 2.75) is 54.9 Å². The van der Waals surface area contributed by atoms with E-state index in [1.807, 2.05) is 11.8 Å². The van der Waals surface area contributed by atoms with Crippen molar-refractivity contribution in [3.8, 4) is 0 Å². The Bertz CT molecular complexity index is 710. The van der Waals surface area contributed by atoms with Crippen LogP contribution in [0.2, 0.25) is 0 Å². The molecule has 1 heterocycles. The maximum absolute atomic E-state index is 2.72. The van der Waals surface area contributed by atoms with E-state index in [4.69, 9.17) is 0 Å². The second kappa shape index (κ2) is 5.84. The first-order valence-electron chi connectivity index (χ1n) is 9.46. The minimum Gasteiger partial charge on any atom is -0.336 e. The molecule has 5 rings (SSSR count). The van der Waals surface area contributed by atoms with Gasteiger partial charge in [0, 0.05) is 15.8 Å². The highest BCUT2D eigenvalue weighted by Gasteiger charge is 2.43. The van der Waals surface area contributed by atoms with Gasteiger partial charge in [-0.1, -0.05) is 55.8 Å². The van der Waals surface area contributed by atoms with Crippen LogP contribution in [0.1, 0.15) is 39.0 Å². The zero-order valence-corrected chi connectivity index (χ0v) is 15.1. The molecule has 1 aliphatic heterocycles. The Balaban J connectivity index is 1.62. The summed E-state index contributed by atoms with van der Waals surface area (Å²) in [6.45, 7) is 2.46. The van der Waals surface area contributed by atoms with Gasteiger partial charge in [0.2, 0.25) is 0 Å². The molecule has 2 fully saturated rings. The summed E-state index contributed by atoms with van der Waals surface area (Å²) in [5.74, 6) is 2.73. The monoisotopic (exact) mass is 335 g/mol. The summed E-state index contributed by atoms with van der Waals surface area (Å²) < 4.78 is 0. The first-order chi connectivity index (χ1) is 11.8. The number of fused-ring (bicyclic) bond motifs is 3. The summed E-state index contributed by atoms with van der Waals surface area (Å²) in [5.41, 5.74) is 2.87. The number of anilines is 2. The normalized spacial score (nSPS) is 31.3.